The van der Waals surface area contributed by atoms with Crippen LogP contribution >= 0.6 is 0 Å². The number of anilines is 1. The first-order chi connectivity index (χ1) is 17.3. The van der Waals surface area contributed by atoms with Gasteiger partial charge in [-0.1, -0.05) is 60.2 Å². The third-order valence-corrected chi connectivity index (χ3v) is 6.18. The summed E-state index contributed by atoms with van der Waals surface area (Å²) >= 11 is 0. The van der Waals surface area contributed by atoms with E-state index in [-0.39, 0.29) is 11.7 Å². The highest BCUT2D eigenvalue weighted by Gasteiger charge is 2.20. The Labute approximate surface area is 209 Å². The van der Waals surface area contributed by atoms with Crippen molar-refractivity contribution < 1.29 is 9.59 Å². The molecule has 1 amide bonds. The number of hydrogen-bond donors (Lipinski definition) is 1. The van der Waals surface area contributed by atoms with E-state index in [0.717, 1.165) is 27.7 Å². The highest BCUT2D eigenvalue weighted by Crippen LogP contribution is 2.26. The smallest absolute Gasteiger partial charge is 0.257 e. The summed E-state index contributed by atoms with van der Waals surface area (Å²) in [6.45, 7) is 8.03. The van der Waals surface area contributed by atoms with Crippen molar-refractivity contribution in [3.8, 4) is 5.82 Å². The molecule has 3 aromatic carbocycles. The second kappa shape index (κ2) is 9.23. The molecular weight excluding hydrogens is 448 g/mol. The minimum atomic E-state index is -0.389. The molecule has 0 spiro atoms. The van der Waals surface area contributed by atoms with Crippen molar-refractivity contribution in [2.75, 3.05) is 5.32 Å². The van der Waals surface area contributed by atoms with Crippen LogP contribution in [0.5, 0.6) is 0 Å². The molecule has 36 heavy (non-hydrogen) atoms. The topological polar surface area (TPSA) is 76.9 Å². The van der Waals surface area contributed by atoms with Gasteiger partial charge >= 0.3 is 0 Å². The molecule has 0 unspecified atom stereocenters. The van der Waals surface area contributed by atoms with Crippen molar-refractivity contribution in [3.05, 3.63) is 118 Å². The van der Waals surface area contributed by atoms with Crippen LogP contribution in [-0.4, -0.2) is 26.5 Å². The number of ketones is 1. The molecule has 0 aliphatic carbocycles. The lowest BCUT2D eigenvalue weighted by molar-refractivity contribution is 0.0996. The van der Waals surface area contributed by atoms with Gasteiger partial charge in [-0.25, -0.2) is 4.98 Å². The van der Waals surface area contributed by atoms with Crippen LogP contribution in [0.2, 0.25) is 0 Å². The van der Waals surface area contributed by atoms with E-state index in [0.29, 0.717) is 28.3 Å². The Morgan fingerprint density at radius 1 is 0.778 bits per heavy atom. The van der Waals surface area contributed by atoms with Gasteiger partial charge in [0.15, 0.2) is 11.6 Å². The number of rotatable bonds is 5. The summed E-state index contributed by atoms with van der Waals surface area (Å²) in [7, 11) is 0. The molecule has 1 N–H and O–H groups in total. The summed E-state index contributed by atoms with van der Waals surface area (Å²) < 4.78 is 1.64. The molecule has 0 saturated carbocycles. The minimum absolute atomic E-state index is 0.205. The molecule has 5 aromatic rings. The van der Waals surface area contributed by atoms with Gasteiger partial charge in [-0.15, -0.1) is 0 Å². The van der Waals surface area contributed by atoms with Crippen molar-refractivity contribution in [2.24, 2.45) is 0 Å². The molecule has 6 nitrogen and oxygen atoms in total. The number of aromatic nitrogens is 3. The molecule has 6 heteroatoms. The predicted molar refractivity (Wildman–Crippen MR) is 142 cm³/mol. The maximum absolute atomic E-state index is 13.4. The fraction of sp³-hybridized carbons (Fsp3) is 0.133. The molecular formula is C30H26N4O2. The Morgan fingerprint density at radius 3 is 2.22 bits per heavy atom. The molecule has 2 aromatic heterocycles. The Hall–Kier alpha value is -4.58. The maximum Gasteiger partial charge on any atom is 0.257 e. The fourth-order valence-electron chi connectivity index (χ4n) is 4.51. The van der Waals surface area contributed by atoms with E-state index in [2.05, 4.69) is 29.5 Å². The van der Waals surface area contributed by atoms with Gasteiger partial charge in [0.05, 0.1) is 16.8 Å². The van der Waals surface area contributed by atoms with Gasteiger partial charge in [0.1, 0.15) is 5.82 Å². The second-order valence-corrected chi connectivity index (χ2v) is 9.05. The molecule has 0 aliphatic heterocycles. The number of fused-ring (bicyclic) bond motifs is 1. The highest BCUT2D eigenvalue weighted by atomic mass is 16.2. The Morgan fingerprint density at radius 2 is 1.47 bits per heavy atom. The summed E-state index contributed by atoms with van der Waals surface area (Å²) in [6.07, 6.45) is 0. The van der Waals surface area contributed by atoms with Crippen LogP contribution < -0.4 is 5.32 Å². The lowest BCUT2D eigenvalue weighted by Crippen LogP contribution is -2.19. The SMILES string of the molecule is Cc1cc(C)c2nc(-n3nc(C)cc3NC(=O)c3ccccc3C(=O)c3ccccc3)cc(C)c2c1. The number of benzene rings is 3. The number of carbonyl (C=O) groups excluding carboxylic acids is 2. The molecule has 2 heterocycles. The van der Waals surface area contributed by atoms with Crippen LogP contribution in [0, 0.1) is 27.7 Å². The Kier molecular flexibility index (Phi) is 5.94. The number of carbonyl (C=O) groups is 2. The number of nitrogens with zero attached hydrogens (tertiary/aromatic N) is 3. The van der Waals surface area contributed by atoms with E-state index in [1.807, 2.05) is 32.9 Å². The van der Waals surface area contributed by atoms with Crippen molar-refractivity contribution in [3.63, 3.8) is 0 Å². The number of amides is 1. The zero-order valence-corrected chi connectivity index (χ0v) is 20.7. The van der Waals surface area contributed by atoms with Crippen LogP contribution in [0.1, 0.15) is 48.7 Å². The molecule has 0 atom stereocenters. The number of hydrogen-bond acceptors (Lipinski definition) is 4. The lowest BCUT2D eigenvalue weighted by Gasteiger charge is -2.13. The number of aryl methyl sites for hydroxylation is 4. The number of nitrogens with one attached hydrogen (secondary N) is 1. The van der Waals surface area contributed by atoms with E-state index < -0.39 is 0 Å². The van der Waals surface area contributed by atoms with Crippen LogP contribution in [0.15, 0.2) is 78.9 Å². The quantitative estimate of drug-likeness (QED) is 0.311. The first-order valence-electron chi connectivity index (χ1n) is 11.8. The molecule has 178 valence electrons. The van der Waals surface area contributed by atoms with Gasteiger partial charge in [0, 0.05) is 22.6 Å². The lowest BCUT2D eigenvalue weighted by atomic mass is 9.98. The zero-order valence-electron chi connectivity index (χ0n) is 20.7. The fourth-order valence-corrected chi connectivity index (χ4v) is 4.51. The van der Waals surface area contributed by atoms with Crippen LogP contribution in [0.3, 0.4) is 0 Å². The van der Waals surface area contributed by atoms with Crippen LogP contribution in [0.25, 0.3) is 16.7 Å². The van der Waals surface area contributed by atoms with Gasteiger partial charge < -0.3 is 5.32 Å². The van der Waals surface area contributed by atoms with Gasteiger partial charge in [-0.3, -0.25) is 9.59 Å². The van der Waals surface area contributed by atoms with E-state index in [9.17, 15) is 9.59 Å². The van der Waals surface area contributed by atoms with Crippen molar-refractivity contribution >= 4 is 28.4 Å². The third-order valence-electron chi connectivity index (χ3n) is 6.18. The third kappa shape index (κ3) is 4.29. The maximum atomic E-state index is 13.4. The predicted octanol–water partition coefficient (Wildman–Crippen LogP) is 6.14. The van der Waals surface area contributed by atoms with Gasteiger partial charge in [-0.2, -0.15) is 9.78 Å². The van der Waals surface area contributed by atoms with E-state index in [1.165, 1.54) is 5.56 Å². The summed E-state index contributed by atoms with van der Waals surface area (Å²) in [5.41, 5.74) is 6.15. The monoisotopic (exact) mass is 474 g/mol. The standard InChI is InChI=1S/C30H26N4O2/c1-18-14-20(3)28-25(15-18)19(2)16-26(31-28)34-27(17-21(4)33-34)32-30(36)24-13-9-8-12-23(24)29(35)22-10-6-5-7-11-22/h5-17H,1-4H3,(H,32,36). The average Bonchev–Trinajstić information content (AvgIpc) is 3.24. The summed E-state index contributed by atoms with van der Waals surface area (Å²) in [5, 5.41) is 8.65. The van der Waals surface area contributed by atoms with Crippen LogP contribution in [0.4, 0.5) is 5.82 Å². The highest BCUT2D eigenvalue weighted by molar-refractivity contribution is 6.17. The average molecular weight is 475 g/mol. The summed E-state index contributed by atoms with van der Waals surface area (Å²) in [5.74, 6) is 0.503. The zero-order chi connectivity index (χ0) is 25.4. The normalized spacial score (nSPS) is 11.0. The van der Waals surface area contributed by atoms with Crippen molar-refractivity contribution in [1.82, 2.24) is 14.8 Å². The molecule has 0 radical (unpaired) electrons. The van der Waals surface area contributed by atoms with Gasteiger partial charge in [0.25, 0.3) is 5.91 Å². The van der Waals surface area contributed by atoms with E-state index in [1.54, 1.807) is 59.3 Å². The summed E-state index contributed by atoms with van der Waals surface area (Å²) in [6, 6.07) is 23.8. The molecule has 0 aliphatic rings. The van der Waals surface area contributed by atoms with E-state index in [4.69, 9.17) is 4.98 Å². The van der Waals surface area contributed by atoms with Crippen LogP contribution in [-0.2, 0) is 0 Å². The van der Waals surface area contributed by atoms with Gasteiger partial charge in [0.2, 0.25) is 0 Å². The van der Waals surface area contributed by atoms with Gasteiger partial charge in [-0.05, 0) is 57.0 Å². The second-order valence-electron chi connectivity index (χ2n) is 9.05. The first kappa shape index (κ1) is 23.2. The molecule has 0 fully saturated rings. The Bertz CT molecular complexity index is 1630. The first-order valence-corrected chi connectivity index (χ1v) is 11.8. The molecule has 0 saturated heterocycles. The van der Waals surface area contributed by atoms with E-state index >= 15 is 0 Å². The van der Waals surface area contributed by atoms with Crippen molar-refractivity contribution in [2.45, 2.75) is 27.7 Å². The minimum Gasteiger partial charge on any atom is -0.306 e. The number of pyridine rings is 1. The largest absolute Gasteiger partial charge is 0.306 e. The summed E-state index contributed by atoms with van der Waals surface area (Å²) in [4.78, 5) is 31.4. The Balaban J connectivity index is 1.53. The molecule has 0 bridgehead atoms. The molecule has 5 rings (SSSR count). The van der Waals surface area contributed by atoms with Crippen molar-refractivity contribution in [1.29, 1.82) is 0 Å².